The first-order valence-corrected chi connectivity index (χ1v) is 10.5. The molecule has 12 heteroatoms. The molecule has 176 valence electrons. The second-order valence-corrected chi connectivity index (χ2v) is 7.36. The Balaban J connectivity index is 2.27. The van der Waals surface area contributed by atoms with E-state index in [1.165, 1.54) is 9.13 Å². The van der Waals surface area contributed by atoms with Crippen LogP contribution in [0.5, 0.6) is 5.75 Å². The van der Waals surface area contributed by atoms with Crippen molar-refractivity contribution in [2.75, 3.05) is 6.61 Å². The van der Waals surface area contributed by atoms with Crippen LogP contribution in [0.25, 0.3) is 22.6 Å². The number of aromatic nitrogens is 4. The van der Waals surface area contributed by atoms with Crippen LogP contribution in [-0.4, -0.2) is 42.3 Å². The van der Waals surface area contributed by atoms with Gasteiger partial charge in [-0.15, -0.1) is 0 Å². The molecule has 3 aromatic rings. The van der Waals surface area contributed by atoms with Gasteiger partial charge < -0.3 is 14.4 Å². The zero-order valence-electron chi connectivity index (χ0n) is 18.4. The van der Waals surface area contributed by atoms with E-state index < -0.39 is 29.7 Å². The lowest BCUT2D eigenvalue weighted by atomic mass is 10.2. The maximum absolute atomic E-state index is 13.3. The highest BCUT2D eigenvalue weighted by Crippen LogP contribution is 2.25. The molecule has 12 nitrogen and oxygen atoms in total. The molecular formula is C21H26N6O6. The van der Waals surface area contributed by atoms with Crippen LogP contribution in [0.15, 0.2) is 33.9 Å². The Kier molecular flexibility index (Phi) is 7.28. The third-order valence-corrected chi connectivity index (χ3v) is 4.95. The number of nitrogens with one attached hydrogen (secondary N) is 1. The van der Waals surface area contributed by atoms with Gasteiger partial charge in [-0.05, 0) is 37.1 Å². The van der Waals surface area contributed by atoms with Crippen LogP contribution in [0.3, 0.4) is 0 Å². The average Bonchev–Trinajstić information content (AvgIpc) is 3.17. The Morgan fingerprint density at radius 2 is 1.70 bits per heavy atom. The summed E-state index contributed by atoms with van der Waals surface area (Å²) in [4.78, 5) is 53.7. The number of nitrogens with zero attached hydrogens (tertiary/aromatic N) is 4. The third-order valence-electron chi connectivity index (χ3n) is 4.95. The normalized spacial score (nSPS) is 11.0. The molecular weight excluding hydrogens is 432 g/mol. The smallest absolute Gasteiger partial charge is 0.341 e. The van der Waals surface area contributed by atoms with Crippen molar-refractivity contribution < 1.29 is 19.4 Å². The number of hydrazine groups is 1. The van der Waals surface area contributed by atoms with E-state index in [2.05, 4.69) is 10.4 Å². The molecule has 1 amide bonds. The Morgan fingerprint density at radius 3 is 2.27 bits per heavy atom. The summed E-state index contributed by atoms with van der Waals surface area (Å²) >= 11 is 0. The number of rotatable bonds is 10. The quantitative estimate of drug-likeness (QED) is 0.222. The number of aryl methyl sites for hydroxylation is 1. The van der Waals surface area contributed by atoms with Crippen molar-refractivity contribution in [3.63, 3.8) is 0 Å². The molecule has 33 heavy (non-hydrogen) atoms. The summed E-state index contributed by atoms with van der Waals surface area (Å²) in [5, 5.41) is 8.76. The molecule has 3 rings (SSSR count). The molecule has 2 heterocycles. The van der Waals surface area contributed by atoms with Gasteiger partial charge >= 0.3 is 11.7 Å². The van der Waals surface area contributed by atoms with E-state index in [1.807, 2.05) is 13.8 Å². The molecule has 0 atom stereocenters. The van der Waals surface area contributed by atoms with E-state index in [9.17, 15) is 19.2 Å². The lowest BCUT2D eigenvalue weighted by molar-refractivity contribution is -0.139. The summed E-state index contributed by atoms with van der Waals surface area (Å²) in [6.45, 7) is 3.57. The van der Waals surface area contributed by atoms with E-state index in [0.717, 1.165) is 4.57 Å². The third kappa shape index (κ3) is 4.80. The molecule has 1 aromatic carbocycles. The first kappa shape index (κ1) is 23.7. The van der Waals surface area contributed by atoms with E-state index in [1.54, 1.807) is 24.3 Å². The highest BCUT2D eigenvalue weighted by Gasteiger charge is 2.23. The van der Waals surface area contributed by atoms with Crippen molar-refractivity contribution in [2.24, 2.45) is 5.84 Å². The van der Waals surface area contributed by atoms with E-state index in [0.29, 0.717) is 30.7 Å². The van der Waals surface area contributed by atoms with Crippen LogP contribution in [0.4, 0.5) is 0 Å². The van der Waals surface area contributed by atoms with Crippen LogP contribution in [0.1, 0.15) is 26.7 Å². The highest BCUT2D eigenvalue weighted by molar-refractivity contribution is 5.82. The number of aliphatic carboxylic acids is 1. The van der Waals surface area contributed by atoms with Gasteiger partial charge in [-0.1, -0.05) is 13.8 Å². The van der Waals surface area contributed by atoms with Crippen LogP contribution >= 0.6 is 0 Å². The molecule has 0 unspecified atom stereocenters. The van der Waals surface area contributed by atoms with Gasteiger partial charge in [-0.3, -0.25) is 24.1 Å². The monoisotopic (exact) mass is 458 g/mol. The summed E-state index contributed by atoms with van der Waals surface area (Å²) in [5.41, 5.74) is 1.92. The summed E-state index contributed by atoms with van der Waals surface area (Å²) in [6.07, 6.45) is 1.22. The van der Waals surface area contributed by atoms with Crippen LogP contribution in [0, 0.1) is 0 Å². The molecule has 0 bridgehead atoms. The molecule has 0 saturated carbocycles. The highest BCUT2D eigenvalue weighted by atomic mass is 16.5. The zero-order valence-corrected chi connectivity index (χ0v) is 18.4. The number of amides is 1. The van der Waals surface area contributed by atoms with Crippen molar-refractivity contribution in [1.29, 1.82) is 0 Å². The average molecular weight is 458 g/mol. The van der Waals surface area contributed by atoms with Gasteiger partial charge in [-0.2, -0.15) is 0 Å². The Labute approximate surface area is 188 Å². The summed E-state index contributed by atoms with van der Waals surface area (Å²) in [6, 6.07) is 6.36. The van der Waals surface area contributed by atoms with Crippen molar-refractivity contribution >= 4 is 23.0 Å². The van der Waals surface area contributed by atoms with Gasteiger partial charge in [0.2, 0.25) is 0 Å². The van der Waals surface area contributed by atoms with Crippen molar-refractivity contribution in [2.45, 2.75) is 46.3 Å². The van der Waals surface area contributed by atoms with Gasteiger partial charge in [-0.25, -0.2) is 20.4 Å². The Morgan fingerprint density at radius 1 is 1.06 bits per heavy atom. The molecule has 0 fully saturated rings. The first-order chi connectivity index (χ1) is 15.8. The number of carbonyl (C=O) groups is 2. The fraction of sp³-hybridized carbons (Fsp3) is 0.381. The second-order valence-electron chi connectivity index (χ2n) is 7.36. The lowest BCUT2D eigenvalue weighted by Crippen LogP contribution is -2.41. The summed E-state index contributed by atoms with van der Waals surface area (Å²) < 4.78 is 9.18. The molecule has 0 aliphatic heterocycles. The van der Waals surface area contributed by atoms with Gasteiger partial charge in [0.15, 0.2) is 17.8 Å². The fourth-order valence-corrected chi connectivity index (χ4v) is 3.55. The number of hydrogen-bond acceptors (Lipinski definition) is 7. The largest absolute Gasteiger partial charge is 0.482 e. The zero-order chi connectivity index (χ0) is 24.1. The molecule has 0 radical (unpaired) electrons. The molecule has 0 aliphatic rings. The molecule has 0 aliphatic carbocycles. The predicted octanol–water partition coefficient (Wildman–Crippen LogP) is 0.300. The standard InChI is InChI=1S/C21H26N6O6/c1-3-9-25-19-17(20(31)26(10-4-2)21(25)32)27(11-15(28)24-22)18(23-19)13-5-7-14(8-6-13)33-12-16(29)30/h5-8H,3-4,9-12,22H2,1-2H3,(H,24,28)(H,29,30). The molecule has 4 N–H and O–H groups in total. The maximum atomic E-state index is 13.3. The minimum absolute atomic E-state index is 0.126. The van der Waals surface area contributed by atoms with Crippen molar-refractivity contribution in [1.82, 2.24) is 24.1 Å². The maximum Gasteiger partial charge on any atom is 0.341 e. The van der Waals surface area contributed by atoms with E-state index >= 15 is 0 Å². The number of benzene rings is 1. The SMILES string of the molecule is CCCn1c(=O)c2c(nc(-c3ccc(OCC(=O)O)cc3)n2CC(=O)NN)n(CCC)c1=O. The number of carboxylic acids is 1. The second kappa shape index (κ2) is 10.1. The fourth-order valence-electron chi connectivity index (χ4n) is 3.55. The minimum Gasteiger partial charge on any atom is -0.482 e. The number of ether oxygens (including phenoxy) is 1. The number of carboxylic acid groups (broad SMARTS) is 1. The lowest BCUT2D eigenvalue weighted by Gasteiger charge is -2.12. The topological polar surface area (TPSA) is 163 Å². The van der Waals surface area contributed by atoms with Crippen LogP contribution < -0.4 is 27.3 Å². The number of carbonyl (C=O) groups excluding carboxylic acids is 1. The Bertz CT molecular complexity index is 1290. The molecule has 0 saturated heterocycles. The van der Waals surface area contributed by atoms with Gasteiger partial charge in [0, 0.05) is 18.7 Å². The molecule has 2 aromatic heterocycles. The number of fused-ring (bicyclic) bond motifs is 1. The first-order valence-electron chi connectivity index (χ1n) is 10.5. The number of nitrogens with two attached hydrogens (primary N) is 1. The van der Waals surface area contributed by atoms with Crippen LogP contribution in [0.2, 0.25) is 0 Å². The van der Waals surface area contributed by atoms with Gasteiger partial charge in [0.25, 0.3) is 11.5 Å². The van der Waals surface area contributed by atoms with Crippen molar-refractivity contribution in [3.8, 4) is 17.1 Å². The predicted molar refractivity (Wildman–Crippen MR) is 120 cm³/mol. The Hall–Kier alpha value is -3.93. The summed E-state index contributed by atoms with van der Waals surface area (Å²) in [5.74, 6) is 4.24. The van der Waals surface area contributed by atoms with Crippen molar-refractivity contribution in [3.05, 3.63) is 45.1 Å². The molecule has 0 spiro atoms. The number of hydrogen-bond donors (Lipinski definition) is 3. The van der Waals surface area contributed by atoms with Gasteiger partial charge in [0.1, 0.15) is 18.1 Å². The van der Waals surface area contributed by atoms with Gasteiger partial charge in [0.05, 0.1) is 0 Å². The van der Waals surface area contributed by atoms with E-state index in [4.69, 9.17) is 15.7 Å². The van der Waals surface area contributed by atoms with E-state index in [-0.39, 0.29) is 30.1 Å². The minimum atomic E-state index is -1.11. The van der Waals surface area contributed by atoms with Crippen LogP contribution in [-0.2, 0) is 29.2 Å². The summed E-state index contributed by atoms with van der Waals surface area (Å²) in [7, 11) is 0. The number of imidazole rings is 1.